The second-order valence-corrected chi connectivity index (χ2v) is 1.34. The van der Waals surface area contributed by atoms with Crippen molar-refractivity contribution in [3.05, 3.63) is 0 Å². The fourth-order valence-corrected chi connectivity index (χ4v) is 0. The first kappa shape index (κ1) is 29.6. The standard InChI is InChI=1S/2ClH.K.Na.H2O4S/c;;;;1-5(2,3)4/h2*1H;;;(H2,1,2,3,4)/q;;2*+1;/p-2. The zero-order valence-corrected chi connectivity index (χ0v) is 12.3. The van der Waals surface area contributed by atoms with Gasteiger partial charge in [-0.2, -0.15) is 8.42 Å². The summed E-state index contributed by atoms with van der Waals surface area (Å²) in [5, 5.41) is 0. The summed E-state index contributed by atoms with van der Waals surface area (Å²) in [7, 11) is -4.67. The van der Waals surface area contributed by atoms with Crippen molar-refractivity contribution in [2.24, 2.45) is 0 Å². The summed E-state index contributed by atoms with van der Waals surface area (Å²) in [6.07, 6.45) is 0. The zero-order valence-electron chi connectivity index (χ0n) is 4.88. The molecule has 0 fully saturated rings. The molecule has 0 spiro atoms. The SMILES string of the molecule is O=S(=O)(O)O.[Cl-].[Cl-].[K+].[Na+]. The number of halogens is 2. The van der Waals surface area contributed by atoms with E-state index in [1.54, 1.807) is 0 Å². The Morgan fingerprint density at radius 2 is 1.00 bits per heavy atom. The molecule has 0 atom stereocenters. The Morgan fingerprint density at radius 3 is 1.00 bits per heavy atom. The summed E-state index contributed by atoms with van der Waals surface area (Å²) < 4.78 is 31.6. The van der Waals surface area contributed by atoms with Gasteiger partial charge >= 0.3 is 91.3 Å². The minimum atomic E-state index is -4.67. The Labute approximate surface area is 131 Å². The number of hydrogen-bond acceptors (Lipinski definition) is 2. The van der Waals surface area contributed by atoms with Crippen LogP contribution >= 0.6 is 0 Å². The van der Waals surface area contributed by atoms with E-state index in [1.165, 1.54) is 0 Å². The molecular weight excluding hydrogens is 229 g/mol. The van der Waals surface area contributed by atoms with Crippen LogP contribution in [0.25, 0.3) is 0 Å². The summed E-state index contributed by atoms with van der Waals surface area (Å²) in [5.41, 5.74) is 0. The Morgan fingerprint density at radius 1 is 1.00 bits per heavy atom. The van der Waals surface area contributed by atoms with Crippen molar-refractivity contribution in [3.63, 3.8) is 0 Å². The summed E-state index contributed by atoms with van der Waals surface area (Å²) >= 11 is 0. The quantitative estimate of drug-likeness (QED) is 0.320. The molecule has 9 heteroatoms. The molecule has 0 unspecified atom stereocenters. The molecule has 0 aliphatic carbocycles. The maximum Gasteiger partial charge on any atom is 1.00 e. The van der Waals surface area contributed by atoms with Gasteiger partial charge in [-0.05, 0) is 0 Å². The van der Waals surface area contributed by atoms with Crippen LogP contribution in [0.4, 0.5) is 0 Å². The van der Waals surface area contributed by atoms with Crippen LogP contribution in [0.15, 0.2) is 0 Å². The molecule has 2 N–H and O–H groups in total. The fraction of sp³-hybridized carbons (Fsp3) is 0. The monoisotopic (exact) mass is 230 g/mol. The third-order valence-corrected chi connectivity index (χ3v) is 0. The van der Waals surface area contributed by atoms with Crippen LogP contribution in [0.1, 0.15) is 0 Å². The van der Waals surface area contributed by atoms with Crippen molar-refractivity contribution in [1.82, 2.24) is 0 Å². The van der Waals surface area contributed by atoms with Gasteiger partial charge in [-0.3, -0.25) is 9.11 Å². The molecule has 0 aliphatic heterocycles. The second kappa shape index (κ2) is 13.7. The molecule has 4 nitrogen and oxygen atoms in total. The fourth-order valence-electron chi connectivity index (χ4n) is 0. The molecule has 0 radical (unpaired) electrons. The van der Waals surface area contributed by atoms with Crippen molar-refractivity contribution >= 4 is 10.4 Å². The van der Waals surface area contributed by atoms with Crippen molar-refractivity contribution in [2.45, 2.75) is 0 Å². The third kappa shape index (κ3) is 96.1. The van der Waals surface area contributed by atoms with Crippen molar-refractivity contribution in [1.29, 1.82) is 0 Å². The summed E-state index contributed by atoms with van der Waals surface area (Å²) in [5.74, 6) is 0. The largest absolute Gasteiger partial charge is 1.00 e. The Hall–Kier alpha value is 3.09. The van der Waals surface area contributed by atoms with E-state index >= 15 is 0 Å². The van der Waals surface area contributed by atoms with Crippen LogP contribution in [0, 0.1) is 0 Å². The van der Waals surface area contributed by atoms with Crippen LogP contribution in [0.2, 0.25) is 0 Å². The Kier molecular flexibility index (Phi) is 44.9. The first-order chi connectivity index (χ1) is 2.00. The van der Waals surface area contributed by atoms with Gasteiger partial charge in [0.15, 0.2) is 0 Å². The maximum atomic E-state index is 8.74. The van der Waals surface area contributed by atoms with E-state index in [9.17, 15) is 0 Å². The molecule has 0 bridgehead atoms. The number of rotatable bonds is 0. The molecule has 0 aromatic rings. The van der Waals surface area contributed by atoms with Gasteiger partial charge in [0.2, 0.25) is 0 Å². The first-order valence-corrected chi connectivity index (χ1v) is 2.10. The van der Waals surface area contributed by atoms with Gasteiger partial charge in [0.05, 0.1) is 0 Å². The van der Waals surface area contributed by atoms with Crippen LogP contribution < -0.4 is 106 Å². The van der Waals surface area contributed by atoms with E-state index in [1.807, 2.05) is 0 Å². The molecular formula is H2Cl2KNaO4S. The normalized spacial score (nSPS) is 6.44. The van der Waals surface area contributed by atoms with E-state index in [4.69, 9.17) is 17.5 Å². The topological polar surface area (TPSA) is 74.6 Å². The van der Waals surface area contributed by atoms with Gasteiger partial charge < -0.3 is 24.8 Å². The average Bonchev–Trinajstić information content (AvgIpc) is 0.722. The van der Waals surface area contributed by atoms with Gasteiger partial charge in [0.25, 0.3) is 0 Å². The molecule has 0 saturated carbocycles. The molecule has 0 rings (SSSR count). The van der Waals surface area contributed by atoms with E-state index in [-0.39, 0.29) is 106 Å². The van der Waals surface area contributed by atoms with Crippen molar-refractivity contribution in [2.75, 3.05) is 0 Å². The Balaban J connectivity index is -0.0000000133. The van der Waals surface area contributed by atoms with Crippen LogP contribution in [-0.4, -0.2) is 17.5 Å². The van der Waals surface area contributed by atoms with Crippen LogP contribution in [-0.2, 0) is 10.4 Å². The molecule has 0 saturated heterocycles. The van der Waals surface area contributed by atoms with Gasteiger partial charge in [-0.25, -0.2) is 0 Å². The van der Waals surface area contributed by atoms with Gasteiger partial charge in [-0.1, -0.05) is 0 Å². The smallest absolute Gasteiger partial charge is 1.00 e. The summed E-state index contributed by atoms with van der Waals surface area (Å²) in [6, 6.07) is 0. The van der Waals surface area contributed by atoms with Gasteiger partial charge in [-0.15, -0.1) is 0 Å². The average molecular weight is 231 g/mol. The molecule has 0 aliphatic rings. The molecule has 0 amide bonds. The minimum Gasteiger partial charge on any atom is -1.00 e. The summed E-state index contributed by atoms with van der Waals surface area (Å²) in [6.45, 7) is 0. The maximum absolute atomic E-state index is 8.74. The Bertz CT molecular complexity index is 102. The van der Waals surface area contributed by atoms with Crippen LogP contribution in [0.3, 0.4) is 0 Å². The molecule has 0 aromatic heterocycles. The molecule has 9 heavy (non-hydrogen) atoms. The van der Waals surface area contributed by atoms with Gasteiger partial charge in [0.1, 0.15) is 0 Å². The van der Waals surface area contributed by atoms with E-state index < -0.39 is 10.4 Å². The predicted molar refractivity (Wildman–Crippen MR) is 14.2 cm³/mol. The van der Waals surface area contributed by atoms with Crippen molar-refractivity contribution in [3.8, 4) is 0 Å². The predicted octanol–water partition coefficient (Wildman–Crippen LogP) is -12.6. The summed E-state index contributed by atoms with van der Waals surface area (Å²) in [4.78, 5) is 0. The molecule has 48 valence electrons. The van der Waals surface area contributed by atoms with Gasteiger partial charge in [0, 0.05) is 0 Å². The molecule has 0 heterocycles. The third-order valence-electron chi connectivity index (χ3n) is 0. The molecule has 0 aromatic carbocycles. The first-order valence-electron chi connectivity index (χ1n) is 0.698. The van der Waals surface area contributed by atoms with E-state index in [0.29, 0.717) is 0 Å². The zero-order chi connectivity index (χ0) is 4.50. The van der Waals surface area contributed by atoms with Crippen molar-refractivity contribution < 1.29 is 123 Å². The minimum absolute atomic E-state index is 0. The van der Waals surface area contributed by atoms with E-state index in [0.717, 1.165) is 0 Å². The van der Waals surface area contributed by atoms with Crippen LogP contribution in [0.5, 0.6) is 0 Å². The second-order valence-electron chi connectivity index (χ2n) is 0.448. The number of hydrogen-bond donors (Lipinski definition) is 2. The van der Waals surface area contributed by atoms with E-state index in [2.05, 4.69) is 0 Å².